The van der Waals surface area contributed by atoms with Crippen LogP contribution >= 0.6 is 0 Å². The van der Waals surface area contributed by atoms with Crippen molar-refractivity contribution in [1.82, 2.24) is 0 Å². The maximum atomic E-state index is 12.6. The summed E-state index contributed by atoms with van der Waals surface area (Å²) in [5.41, 5.74) is 7.62. The Morgan fingerprint density at radius 1 is 1.44 bits per heavy atom. The monoisotopic (exact) mass is 246 g/mol. The summed E-state index contributed by atoms with van der Waals surface area (Å²) in [6.45, 7) is 4.65. The minimum atomic E-state index is -0.323. The second kappa shape index (κ2) is 4.73. The first-order valence-electron chi connectivity index (χ1n) is 6.54. The molecule has 1 aromatic carbocycles. The maximum absolute atomic E-state index is 12.6. The van der Waals surface area contributed by atoms with E-state index in [9.17, 15) is 4.79 Å². The van der Waals surface area contributed by atoms with Crippen LogP contribution < -0.4 is 10.6 Å². The van der Waals surface area contributed by atoms with E-state index in [1.54, 1.807) is 4.90 Å². The summed E-state index contributed by atoms with van der Waals surface area (Å²) in [5, 5.41) is 0. The SMILES string of the molecule is Cc1ccccc1N(C)C(=O)C1(CN)CC(C)C1. The Labute approximate surface area is 109 Å². The van der Waals surface area contributed by atoms with Crippen molar-refractivity contribution in [3.8, 4) is 0 Å². The lowest BCUT2D eigenvalue weighted by Gasteiger charge is -2.46. The third-order valence-electron chi connectivity index (χ3n) is 4.10. The smallest absolute Gasteiger partial charge is 0.234 e. The molecule has 0 bridgehead atoms. The van der Waals surface area contributed by atoms with E-state index in [4.69, 9.17) is 5.73 Å². The van der Waals surface area contributed by atoms with Gasteiger partial charge in [0.15, 0.2) is 0 Å². The second-order valence-corrected chi connectivity index (χ2v) is 5.65. The average molecular weight is 246 g/mol. The molecule has 1 aliphatic rings. The lowest BCUT2D eigenvalue weighted by atomic mass is 9.62. The summed E-state index contributed by atoms with van der Waals surface area (Å²) in [5.74, 6) is 0.778. The molecule has 0 heterocycles. The maximum Gasteiger partial charge on any atom is 0.234 e. The molecule has 0 atom stereocenters. The molecule has 1 aromatic rings. The van der Waals surface area contributed by atoms with Gasteiger partial charge < -0.3 is 10.6 Å². The molecule has 3 heteroatoms. The first-order chi connectivity index (χ1) is 8.50. The van der Waals surface area contributed by atoms with Crippen molar-refractivity contribution < 1.29 is 4.79 Å². The highest BCUT2D eigenvalue weighted by Gasteiger charge is 2.48. The summed E-state index contributed by atoms with van der Waals surface area (Å²) >= 11 is 0. The first-order valence-corrected chi connectivity index (χ1v) is 6.54. The van der Waals surface area contributed by atoms with Gasteiger partial charge in [0.1, 0.15) is 0 Å². The standard InChI is InChI=1S/C15H22N2O/c1-11-8-15(9-11,10-16)14(18)17(3)13-7-5-4-6-12(13)2/h4-7,11H,8-10,16H2,1-3H3. The summed E-state index contributed by atoms with van der Waals surface area (Å²) in [4.78, 5) is 14.4. The Kier molecular flexibility index (Phi) is 3.44. The third kappa shape index (κ3) is 2.03. The molecule has 0 saturated heterocycles. The summed E-state index contributed by atoms with van der Waals surface area (Å²) in [6, 6.07) is 7.96. The minimum Gasteiger partial charge on any atom is -0.329 e. The van der Waals surface area contributed by atoms with E-state index in [1.807, 2.05) is 38.2 Å². The van der Waals surface area contributed by atoms with Crippen LogP contribution in [0.25, 0.3) is 0 Å². The van der Waals surface area contributed by atoms with Crippen molar-refractivity contribution in [2.45, 2.75) is 26.7 Å². The van der Waals surface area contributed by atoms with E-state index >= 15 is 0 Å². The molecule has 1 amide bonds. The number of carbonyl (C=O) groups excluding carboxylic acids is 1. The molecule has 3 nitrogen and oxygen atoms in total. The number of amides is 1. The van der Waals surface area contributed by atoms with Gasteiger partial charge in [-0.1, -0.05) is 25.1 Å². The van der Waals surface area contributed by atoms with Crippen LogP contribution in [0, 0.1) is 18.3 Å². The number of carbonyl (C=O) groups is 1. The second-order valence-electron chi connectivity index (χ2n) is 5.65. The molecule has 1 fully saturated rings. The lowest BCUT2D eigenvalue weighted by molar-refractivity contribution is -0.134. The van der Waals surface area contributed by atoms with Crippen LogP contribution in [0.4, 0.5) is 5.69 Å². The topological polar surface area (TPSA) is 46.3 Å². The zero-order chi connectivity index (χ0) is 13.3. The molecule has 0 unspecified atom stereocenters. The van der Waals surface area contributed by atoms with Gasteiger partial charge in [0.2, 0.25) is 5.91 Å². The van der Waals surface area contributed by atoms with E-state index in [1.165, 1.54) is 0 Å². The van der Waals surface area contributed by atoms with Crippen molar-refractivity contribution in [3.63, 3.8) is 0 Å². The number of para-hydroxylation sites is 1. The fourth-order valence-electron chi connectivity index (χ4n) is 3.11. The van der Waals surface area contributed by atoms with Crippen molar-refractivity contribution in [2.24, 2.45) is 17.1 Å². The lowest BCUT2D eigenvalue weighted by Crippen LogP contribution is -2.54. The quantitative estimate of drug-likeness (QED) is 0.889. The summed E-state index contributed by atoms with van der Waals surface area (Å²) in [7, 11) is 1.85. The highest BCUT2D eigenvalue weighted by atomic mass is 16.2. The predicted molar refractivity (Wildman–Crippen MR) is 74.5 cm³/mol. The molecule has 2 N–H and O–H groups in total. The van der Waals surface area contributed by atoms with Crippen LogP contribution in [0.3, 0.4) is 0 Å². The van der Waals surface area contributed by atoms with Gasteiger partial charge in [0.05, 0.1) is 5.41 Å². The fourth-order valence-corrected chi connectivity index (χ4v) is 3.11. The number of nitrogens with two attached hydrogens (primary N) is 1. The molecule has 0 aromatic heterocycles. The molecule has 0 spiro atoms. The van der Waals surface area contributed by atoms with Crippen molar-refractivity contribution in [1.29, 1.82) is 0 Å². The number of nitrogens with zero attached hydrogens (tertiary/aromatic N) is 1. The zero-order valence-corrected chi connectivity index (χ0v) is 11.4. The van der Waals surface area contributed by atoms with E-state index in [-0.39, 0.29) is 11.3 Å². The Bertz CT molecular complexity index is 450. The number of rotatable bonds is 3. The normalized spacial score (nSPS) is 26.6. The zero-order valence-electron chi connectivity index (χ0n) is 11.4. The number of benzene rings is 1. The Morgan fingerprint density at radius 2 is 2.06 bits per heavy atom. The van der Waals surface area contributed by atoms with Crippen LogP contribution in [-0.2, 0) is 4.79 Å². The molecule has 98 valence electrons. The van der Waals surface area contributed by atoms with Gasteiger partial charge in [-0.2, -0.15) is 0 Å². The van der Waals surface area contributed by atoms with E-state index in [2.05, 4.69) is 6.92 Å². The number of hydrogen-bond acceptors (Lipinski definition) is 2. The predicted octanol–water partition coefficient (Wildman–Crippen LogP) is 2.33. The van der Waals surface area contributed by atoms with Crippen molar-refractivity contribution in [3.05, 3.63) is 29.8 Å². The van der Waals surface area contributed by atoms with Gasteiger partial charge >= 0.3 is 0 Å². The summed E-state index contributed by atoms with van der Waals surface area (Å²) in [6.07, 6.45) is 1.83. The van der Waals surface area contributed by atoms with Crippen LogP contribution in [0.5, 0.6) is 0 Å². The van der Waals surface area contributed by atoms with Gasteiger partial charge in [0.25, 0.3) is 0 Å². The first kappa shape index (κ1) is 13.1. The molecular formula is C15H22N2O. The largest absolute Gasteiger partial charge is 0.329 e. The van der Waals surface area contributed by atoms with Crippen molar-refractivity contribution >= 4 is 11.6 Å². The molecular weight excluding hydrogens is 224 g/mol. The summed E-state index contributed by atoms with van der Waals surface area (Å²) < 4.78 is 0. The molecule has 0 radical (unpaired) electrons. The van der Waals surface area contributed by atoms with Crippen LogP contribution in [0.2, 0.25) is 0 Å². The van der Waals surface area contributed by atoms with Gasteiger partial charge in [0, 0.05) is 19.3 Å². The fraction of sp³-hybridized carbons (Fsp3) is 0.533. The van der Waals surface area contributed by atoms with Crippen LogP contribution in [0.15, 0.2) is 24.3 Å². The molecule has 0 aliphatic heterocycles. The molecule has 1 saturated carbocycles. The Hall–Kier alpha value is -1.35. The minimum absolute atomic E-state index is 0.164. The van der Waals surface area contributed by atoms with Gasteiger partial charge in [-0.3, -0.25) is 4.79 Å². The van der Waals surface area contributed by atoms with Gasteiger partial charge in [-0.15, -0.1) is 0 Å². The van der Waals surface area contributed by atoms with Crippen molar-refractivity contribution in [2.75, 3.05) is 18.5 Å². The molecule has 18 heavy (non-hydrogen) atoms. The molecule has 1 aliphatic carbocycles. The van der Waals surface area contributed by atoms with Gasteiger partial charge in [-0.25, -0.2) is 0 Å². The van der Waals surface area contributed by atoms with Gasteiger partial charge in [-0.05, 0) is 37.3 Å². The third-order valence-corrected chi connectivity index (χ3v) is 4.10. The highest BCUT2D eigenvalue weighted by molar-refractivity contribution is 5.98. The Morgan fingerprint density at radius 3 is 2.56 bits per heavy atom. The number of aryl methyl sites for hydroxylation is 1. The van der Waals surface area contributed by atoms with Crippen LogP contribution in [0.1, 0.15) is 25.3 Å². The Balaban J connectivity index is 2.22. The van der Waals surface area contributed by atoms with Crippen LogP contribution in [-0.4, -0.2) is 19.5 Å². The molecule has 2 rings (SSSR count). The van der Waals surface area contributed by atoms with E-state index in [0.717, 1.165) is 24.1 Å². The number of hydrogen-bond donors (Lipinski definition) is 1. The highest BCUT2D eigenvalue weighted by Crippen LogP contribution is 2.46. The average Bonchev–Trinajstić information content (AvgIpc) is 2.33. The van der Waals surface area contributed by atoms with E-state index < -0.39 is 0 Å². The van der Waals surface area contributed by atoms with E-state index in [0.29, 0.717) is 12.5 Å². The number of anilines is 1.